The highest BCUT2D eigenvalue weighted by Crippen LogP contribution is 2.62. The molecule has 4 fully saturated rings. The van der Waals surface area contributed by atoms with Crippen LogP contribution in [0.5, 0.6) is 0 Å². The summed E-state index contributed by atoms with van der Waals surface area (Å²) in [5.74, 6) is -0.00843. The number of rotatable bonds is 3. The molecule has 4 nitrogen and oxygen atoms in total. The van der Waals surface area contributed by atoms with E-state index in [1.54, 1.807) is 0 Å². The van der Waals surface area contributed by atoms with E-state index in [-0.39, 0.29) is 17.6 Å². The van der Waals surface area contributed by atoms with Crippen molar-refractivity contribution in [3.63, 3.8) is 0 Å². The first-order chi connectivity index (χ1) is 9.22. The predicted molar refractivity (Wildman–Crippen MR) is 70.5 cm³/mol. The zero-order valence-corrected chi connectivity index (χ0v) is 11.8. The van der Waals surface area contributed by atoms with Crippen LogP contribution in [0.1, 0.15) is 51.9 Å². The second-order valence-electron chi connectivity index (χ2n) is 6.79. The van der Waals surface area contributed by atoms with E-state index in [1.165, 1.54) is 32.1 Å². The van der Waals surface area contributed by atoms with Gasteiger partial charge in [-0.15, -0.1) is 0 Å². The summed E-state index contributed by atoms with van der Waals surface area (Å²) in [6.07, 6.45) is 7.58. The van der Waals surface area contributed by atoms with Crippen LogP contribution in [0.4, 0.5) is 0 Å². The first kappa shape index (κ1) is 12.6. The Kier molecular flexibility index (Phi) is 2.76. The van der Waals surface area contributed by atoms with Gasteiger partial charge in [0, 0.05) is 23.9 Å². The molecule has 1 spiro atoms. The standard InChI is InChI=1S/C15H25NO3/c1-2-3-5-14-6-4-11-10-15(18-7-8-19-15)12(14)9-13(17)16(11)14/h11-13,17H,2-10H2,1H3/t11-,12+,13?,14+/m0/s1. The van der Waals surface area contributed by atoms with Gasteiger partial charge in [0.2, 0.25) is 0 Å². The lowest BCUT2D eigenvalue weighted by Gasteiger charge is -2.51. The molecular weight excluding hydrogens is 242 g/mol. The van der Waals surface area contributed by atoms with Crippen LogP contribution in [0, 0.1) is 5.92 Å². The van der Waals surface area contributed by atoms with E-state index < -0.39 is 0 Å². The molecule has 0 aromatic carbocycles. The van der Waals surface area contributed by atoms with Crippen LogP contribution in [0.15, 0.2) is 0 Å². The van der Waals surface area contributed by atoms with E-state index >= 15 is 0 Å². The summed E-state index contributed by atoms with van der Waals surface area (Å²) >= 11 is 0. The molecule has 4 heteroatoms. The van der Waals surface area contributed by atoms with Crippen molar-refractivity contribution in [2.45, 2.75) is 75.5 Å². The van der Waals surface area contributed by atoms with Gasteiger partial charge in [-0.25, -0.2) is 0 Å². The van der Waals surface area contributed by atoms with Gasteiger partial charge < -0.3 is 14.6 Å². The third kappa shape index (κ3) is 1.49. The van der Waals surface area contributed by atoms with E-state index in [4.69, 9.17) is 9.47 Å². The first-order valence-electron chi connectivity index (χ1n) is 7.96. The van der Waals surface area contributed by atoms with Crippen molar-refractivity contribution in [1.29, 1.82) is 0 Å². The molecule has 4 aliphatic rings. The minimum atomic E-state index is -0.372. The molecule has 4 aliphatic heterocycles. The molecule has 19 heavy (non-hydrogen) atoms. The molecule has 0 radical (unpaired) electrons. The maximum atomic E-state index is 10.5. The molecule has 108 valence electrons. The minimum Gasteiger partial charge on any atom is -0.378 e. The molecule has 0 saturated carbocycles. The highest BCUT2D eigenvalue weighted by molar-refractivity contribution is 5.19. The van der Waals surface area contributed by atoms with Gasteiger partial charge in [-0.3, -0.25) is 4.90 Å². The lowest BCUT2D eigenvalue weighted by Crippen LogP contribution is -2.61. The molecule has 4 rings (SSSR count). The van der Waals surface area contributed by atoms with Crippen molar-refractivity contribution in [2.75, 3.05) is 13.2 Å². The molecule has 0 aliphatic carbocycles. The Labute approximate surface area is 115 Å². The van der Waals surface area contributed by atoms with Gasteiger partial charge in [0.15, 0.2) is 5.79 Å². The Hall–Kier alpha value is -0.160. The highest BCUT2D eigenvalue weighted by atomic mass is 16.7. The minimum absolute atomic E-state index is 0.155. The highest BCUT2D eigenvalue weighted by Gasteiger charge is 2.70. The molecule has 0 aromatic rings. The van der Waals surface area contributed by atoms with Crippen molar-refractivity contribution >= 4 is 0 Å². The number of aliphatic hydroxyl groups excluding tert-OH is 1. The van der Waals surface area contributed by atoms with Crippen LogP contribution < -0.4 is 0 Å². The van der Waals surface area contributed by atoms with Gasteiger partial charge in [0.05, 0.1) is 13.2 Å². The van der Waals surface area contributed by atoms with Crippen LogP contribution in [0.3, 0.4) is 0 Å². The number of hydrogen-bond donors (Lipinski definition) is 1. The van der Waals surface area contributed by atoms with Gasteiger partial charge in [0.25, 0.3) is 0 Å². The number of aliphatic hydroxyl groups is 1. The molecule has 4 bridgehead atoms. The summed E-state index contributed by atoms with van der Waals surface area (Å²) in [6.45, 7) is 3.70. The zero-order valence-electron chi connectivity index (χ0n) is 11.8. The Bertz CT molecular complexity index is 368. The molecule has 0 aromatic heterocycles. The molecule has 4 heterocycles. The van der Waals surface area contributed by atoms with Gasteiger partial charge in [-0.1, -0.05) is 19.8 Å². The topological polar surface area (TPSA) is 41.9 Å². The van der Waals surface area contributed by atoms with Crippen LogP contribution in [0.25, 0.3) is 0 Å². The largest absolute Gasteiger partial charge is 0.378 e. The van der Waals surface area contributed by atoms with E-state index in [9.17, 15) is 5.11 Å². The SMILES string of the molecule is CCCC[C@@]12CC[C@H]3CC4(OCCO4)[C@@H]1CC(O)N32. The van der Waals surface area contributed by atoms with Crippen molar-refractivity contribution in [1.82, 2.24) is 4.90 Å². The van der Waals surface area contributed by atoms with Crippen LogP contribution in [-0.4, -0.2) is 46.8 Å². The average molecular weight is 267 g/mol. The third-order valence-electron chi connectivity index (χ3n) is 6.02. The Morgan fingerprint density at radius 1 is 1.32 bits per heavy atom. The van der Waals surface area contributed by atoms with E-state index in [1.807, 2.05) is 0 Å². The number of hydrogen-bond acceptors (Lipinski definition) is 4. The normalized spacial score (nSPS) is 50.2. The maximum Gasteiger partial charge on any atom is 0.174 e. The zero-order chi connectivity index (χ0) is 13.1. The Morgan fingerprint density at radius 2 is 2.11 bits per heavy atom. The molecule has 2 unspecified atom stereocenters. The Balaban J connectivity index is 1.73. The summed E-state index contributed by atoms with van der Waals surface area (Å²) in [5.41, 5.74) is 0.155. The quantitative estimate of drug-likeness (QED) is 0.847. The lowest BCUT2D eigenvalue weighted by molar-refractivity contribution is -0.240. The van der Waals surface area contributed by atoms with Crippen molar-refractivity contribution < 1.29 is 14.6 Å². The third-order valence-corrected chi connectivity index (χ3v) is 6.02. The number of piperidine rings is 1. The summed E-state index contributed by atoms with van der Waals surface area (Å²) in [5, 5.41) is 10.5. The average Bonchev–Trinajstić information content (AvgIpc) is 3.01. The fourth-order valence-electron chi connectivity index (χ4n) is 5.45. The Morgan fingerprint density at radius 3 is 2.84 bits per heavy atom. The van der Waals surface area contributed by atoms with Gasteiger partial charge >= 0.3 is 0 Å². The smallest absolute Gasteiger partial charge is 0.174 e. The fourth-order valence-corrected chi connectivity index (χ4v) is 5.45. The molecule has 5 atom stereocenters. The van der Waals surface area contributed by atoms with Crippen molar-refractivity contribution in [3.05, 3.63) is 0 Å². The monoisotopic (exact) mass is 267 g/mol. The predicted octanol–water partition coefficient (Wildman–Crippen LogP) is 1.86. The number of ether oxygens (including phenoxy) is 2. The van der Waals surface area contributed by atoms with E-state index in [0.29, 0.717) is 12.0 Å². The molecular formula is C15H25NO3. The number of nitrogens with zero attached hydrogens (tertiary/aromatic N) is 1. The number of fused-ring (bicyclic) bond motifs is 1. The van der Waals surface area contributed by atoms with Crippen LogP contribution in [0.2, 0.25) is 0 Å². The lowest BCUT2D eigenvalue weighted by atomic mass is 9.73. The summed E-state index contributed by atoms with van der Waals surface area (Å²) in [6, 6.07) is 0.462. The van der Waals surface area contributed by atoms with Crippen molar-refractivity contribution in [2.24, 2.45) is 5.92 Å². The van der Waals surface area contributed by atoms with Gasteiger partial charge in [0.1, 0.15) is 6.23 Å². The molecule has 1 N–H and O–H groups in total. The van der Waals surface area contributed by atoms with E-state index in [0.717, 1.165) is 26.1 Å². The maximum absolute atomic E-state index is 10.5. The van der Waals surface area contributed by atoms with Crippen LogP contribution >= 0.6 is 0 Å². The number of unbranched alkanes of at least 4 members (excludes halogenated alkanes) is 1. The second-order valence-corrected chi connectivity index (χ2v) is 6.79. The van der Waals surface area contributed by atoms with Gasteiger partial charge in [-0.2, -0.15) is 0 Å². The molecule has 0 amide bonds. The summed E-state index contributed by atoms with van der Waals surface area (Å²) < 4.78 is 12.2. The second kappa shape index (κ2) is 4.17. The summed E-state index contributed by atoms with van der Waals surface area (Å²) in [7, 11) is 0. The fraction of sp³-hybridized carbons (Fsp3) is 1.00. The van der Waals surface area contributed by atoms with Gasteiger partial charge in [-0.05, 0) is 25.7 Å². The first-order valence-corrected chi connectivity index (χ1v) is 7.96. The van der Waals surface area contributed by atoms with E-state index in [2.05, 4.69) is 11.8 Å². The van der Waals surface area contributed by atoms with Crippen molar-refractivity contribution in [3.8, 4) is 0 Å². The van der Waals surface area contributed by atoms with Crippen LogP contribution in [-0.2, 0) is 9.47 Å². The summed E-state index contributed by atoms with van der Waals surface area (Å²) in [4.78, 5) is 2.43. The molecule has 4 saturated heterocycles.